The lowest BCUT2D eigenvalue weighted by Gasteiger charge is -2.49. The number of aliphatic hydroxyl groups excluding tert-OH is 1. The Morgan fingerprint density at radius 3 is 2.45 bits per heavy atom. The largest absolute Gasteiger partial charge is 0.391 e. The Bertz CT molecular complexity index is 917. The van der Waals surface area contributed by atoms with Crippen molar-refractivity contribution in [1.82, 2.24) is 20.7 Å². The molecule has 0 radical (unpaired) electrons. The van der Waals surface area contributed by atoms with Crippen LogP contribution < -0.4 is 10.7 Å². The number of ketones is 1. The number of piperidine rings is 1. The van der Waals surface area contributed by atoms with Crippen molar-refractivity contribution in [1.29, 1.82) is 0 Å². The zero-order valence-corrected chi connectivity index (χ0v) is 26.5. The van der Waals surface area contributed by atoms with E-state index in [4.69, 9.17) is 0 Å². The minimum atomic E-state index is -0.242. The van der Waals surface area contributed by atoms with Crippen molar-refractivity contribution < 1.29 is 14.7 Å². The second-order valence-electron chi connectivity index (χ2n) is 13.9. The highest BCUT2D eigenvalue weighted by Crippen LogP contribution is 2.46. The number of alkyl halides is 1. The van der Waals surface area contributed by atoms with Crippen LogP contribution in [0.15, 0.2) is 12.7 Å². The number of hydrogen-bond donors (Lipinski definition) is 3. The first-order valence-electron chi connectivity index (χ1n) is 16.2. The molecule has 0 aromatic carbocycles. The summed E-state index contributed by atoms with van der Waals surface area (Å²) in [5, 5.41) is 17.4. The van der Waals surface area contributed by atoms with Crippen LogP contribution in [0.25, 0.3) is 0 Å². The second kappa shape index (κ2) is 13.2. The normalized spacial score (nSPS) is 43.2. The van der Waals surface area contributed by atoms with E-state index >= 15 is 0 Å². The molecule has 3 saturated heterocycles. The highest BCUT2D eigenvalue weighted by atomic mass is 79.9. The molecule has 6 aliphatic rings. The quantitative estimate of drug-likeness (QED) is 0.318. The molecule has 6 rings (SSSR count). The number of fused-ring (bicyclic) bond motifs is 1. The molecule has 11 atom stereocenters. The van der Waals surface area contributed by atoms with Gasteiger partial charge in [-0.25, -0.2) is 5.01 Å². The van der Waals surface area contributed by atoms with E-state index in [1.807, 2.05) is 0 Å². The van der Waals surface area contributed by atoms with E-state index in [0.717, 1.165) is 51.6 Å². The van der Waals surface area contributed by atoms with Crippen LogP contribution >= 0.6 is 15.9 Å². The maximum Gasteiger partial charge on any atom is 0.227 e. The lowest BCUT2D eigenvalue weighted by atomic mass is 9.74. The predicted molar refractivity (Wildman–Crippen MR) is 163 cm³/mol. The van der Waals surface area contributed by atoms with E-state index in [9.17, 15) is 14.7 Å². The van der Waals surface area contributed by atoms with Gasteiger partial charge in [-0.3, -0.25) is 15.0 Å². The Morgan fingerprint density at radius 2 is 1.75 bits per heavy atom. The third-order valence-electron chi connectivity index (χ3n) is 11.3. The fraction of sp³-hybridized carbons (Fsp3) is 0.875. The summed E-state index contributed by atoms with van der Waals surface area (Å²) in [6, 6.07) is 1.84. The molecule has 0 aromatic heterocycles. The van der Waals surface area contributed by atoms with Crippen molar-refractivity contribution in [3.8, 4) is 0 Å². The van der Waals surface area contributed by atoms with Crippen molar-refractivity contribution in [3.05, 3.63) is 12.7 Å². The first-order valence-corrected chi connectivity index (χ1v) is 17.2. The van der Waals surface area contributed by atoms with Gasteiger partial charge in [0.15, 0.2) is 5.78 Å². The van der Waals surface area contributed by atoms with Crippen molar-refractivity contribution in [2.75, 3.05) is 13.1 Å². The SMILES string of the molecule is C=CC(C)=O.CC(C)C1CCC(N2NC3CCCC[C@H]4C3C2CCN4C(=O)C2CCC(Br)C3CCNC23)C(O)C1. The van der Waals surface area contributed by atoms with Crippen LogP contribution in [-0.4, -0.2) is 80.9 Å². The van der Waals surface area contributed by atoms with Crippen LogP contribution in [0.1, 0.15) is 91.4 Å². The molecule has 3 saturated carbocycles. The van der Waals surface area contributed by atoms with Gasteiger partial charge in [0, 0.05) is 41.5 Å². The molecule has 0 aromatic rings. The number of likely N-dealkylation sites (tertiary alicyclic amines) is 1. The Hall–Kier alpha value is -0.800. The van der Waals surface area contributed by atoms with Crippen LogP contribution in [0.4, 0.5) is 0 Å². The topological polar surface area (TPSA) is 84.9 Å². The van der Waals surface area contributed by atoms with Gasteiger partial charge >= 0.3 is 0 Å². The number of hydrogen-bond acceptors (Lipinski definition) is 6. The summed E-state index contributed by atoms with van der Waals surface area (Å²) < 4.78 is 0. The molecule has 226 valence electrons. The molecule has 8 heteroatoms. The van der Waals surface area contributed by atoms with E-state index in [2.05, 4.69) is 57.0 Å². The average molecular weight is 622 g/mol. The number of nitrogens with zero attached hydrogens (tertiary/aromatic N) is 2. The van der Waals surface area contributed by atoms with Crippen LogP contribution in [0.3, 0.4) is 0 Å². The number of hydrazine groups is 1. The minimum Gasteiger partial charge on any atom is -0.391 e. The zero-order valence-electron chi connectivity index (χ0n) is 24.9. The summed E-state index contributed by atoms with van der Waals surface area (Å²) >= 11 is 3.92. The van der Waals surface area contributed by atoms with E-state index < -0.39 is 0 Å². The predicted octanol–water partition coefficient (Wildman–Crippen LogP) is 4.43. The highest BCUT2D eigenvalue weighted by molar-refractivity contribution is 9.09. The number of carbonyl (C=O) groups excluding carboxylic acids is 2. The third kappa shape index (κ3) is 6.13. The van der Waals surface area contributed by atoms with E-state index in [1.165, 1.54) is 45.1 Å². The molecule has 3 N–H and O–H groups in total. The Kier molecular flexibility index (Phi) is 10.1. The average Bonchev–Trinajstić information content (AvgIpc) is 3.51. The Labute approximate surface area is 250 Å². The van der Waals surface area contributed by atoms with Gasteiger partial charge in [-0.05, 0) is 95.1 Å². The van der Waals surface area contributed by atoms with Crippen LogP contribution in [0.5, 0.6) is 0 Å². The summed E-state index contributed by atoms with van der Waals surface area (Å²) in [4.78, 5) is 26.7. The third-order valence-corrected chi connectivity index (χ3v) is 12.5. The van der Waals surface area contributed by atoms with Gasteiger partial charge in [-0.2, -0.15) is 0 Å². The van der Waals surface area contributed by atoms with Gasteiger partial charge in [-0.1, -0.05) is 49.2 Å². The summed E-state index contributed by atoms with van der Waals surface area (Å²) in [7, 11) is 0. The minimum absolute atomic E-state index is 0.0185. The first kappa shape index (κ1) is 30.7. The van der Waals surface area contributed by atoms with Crippen molar-refractivity contribution in [2.45, 2.75) is 133 Å². The summed E-state index contributed by atoms with van der Waals surface area (Å²) in [6.07, 6.45) is 13.5. The second-order valence-corrected chi connectivity index (χ2v) is 15.0. The molecular formula is C32H53BrN4O3. The van der Waals surface area contributed by atoms with Gasteiger partial charge < -0.3 is 15.3 Å². The highest BCUT2D eigenvalue weighted by Gasteiger charge is 2.55. The standard InChI is InChI=1S/C28H47BrN4O2.C4H6O/c1-16(2)17-7-10-22(25(34)15-17)33-24-12-14-32(23-6-4-3-5-21(31-33)26(23)24)28(35)19-8-9-20(29)18-11-13-30-27(18)19;1-3-4(2)5/h16-27,30-31,34H,3-15H2,1-2H3;3H,1H2,2H3/t17?,18?,19?,20?,21?,22?,23-,24?,25?,26?,27?;/m0./s1. The lowest BCUT2D eigenvalue weighted by molar-refractivity contribution is -0.145. The molecule has 0 spiro atoms. The number of amides is 1. The molecule has 3 aliphatic heterocycles. The molecule has 1 amide bonds. The van der Waals surface area contributed by atoms with Gasteiger partial charge in [-0.15, -0.1) is 0 Å². The van der Waals surface area contributed by atoms with Crippen molar-refractivity contribution in [3.63, 3.8) is 0 Å². The summed E-state index contributed by atoms with van der Waals surface area (Å²) in [5.74, 6) is 3.00. The van der Waals surface area contributed by atoms with Gasteiger partial charge in [0.25, 0.3) is 0 Å². The van der Waals surface area contributed by atoms with Crippen LogP contribution in [0, 0.1) is 29.6 Å². The maximum atomic E-state index is 14.1. The number of rotatable bonds is 4. The molecule has 3 aliphatic carbocycles. The Balaban J connectivity index is 0.000000595. The van der Waals surface area contributed by atoms with Gasteiger partial charge in [0.05, 0.1) is 18.1 Å². The smallest absolute Gasteiger partial charge is 0.227 e. The lowest BCUT2D eigenvalue weighted by Crippen LogP contribution is -2.61. The van der Waals surface area contributed by atoms with Gasteiger partial charge in [0.1, 0.15) is 0 Å². The number of nitrogens with one attached hydrogen (secondary N) is 2. The molecule has 10 unspecified atom stereocenters. The molecule has 7 nitrogen and oxygen atoms in total. The van der Waals surface area contributed by atoms with Crippen LogP contribution in [-0.2, 0) is 9.59 Å². The van der Waals surface area contributed by atoms with Gasteiger partial charge in [0.2, 0.25) is 5.91 Å². The summed E-state index contributed by atoms with van der Waals surface area (Å²) in [6.45, 7) is 11.2. The molecule has 6 fully saturated rings. The van der Waals surface area contributed by atoms with E-state index in [0.29, 0.717) is 58.6 Å². The first-order chi connectivity index (χ1) is 19.2. The Morgan fingerprint density at radius 1 is 1.00 bits per heavy atom. The summed E-state index contributed by atoms with van der Waals surface area (Å²) in [5.41, 5.74) is 3.95. The fourth-order valence-electron chi connectivity index (χ4n) is 9.18. The number of allylic oxidation sites excluding steroid dienone is 1. The number of aliphatic hydroxyl groups is 1. The molecule has 0 bridgehead atoms. The van der Waals surface area contributed by atoms with Crippen molar-refractivity contribution in [2.24, 2.45) is 29.6 Å². The number of carbonyl (C=O) groups is 2. The fourth-order valence-corrected chi connectivity index (χ4v) is 10.0. The van der Waals surface area contributed by atoms with Crippen LogP contribution in [0.2, 0.25) is 0 Å². The van der Waals surface area contributed by atoms with Crippen molar-refractivity contribution >= 4 is 27.6 Å². The van der Waals surface area contributed by atoms with E-state index in [1.54, 1.807) is 0 Å². The monoisotopic (exact) mass is 620 g/mol. The maximum absolute atomic E-state index is 14.1. The zero-order chi connectivity index (χ0) is 28.6. The number of halogens is 1. The molecule has 40 heavy (non-hydrogen) atoms. The molecular weight excluding hydrogens is 568 g/mol. The molecule has 3 heterocycles. The van der Waals surface area contributed by atoms with E-state index in [-0.39, 0.29) is 23.8 Å².